The summed E-state index contributed by atoms with van der Waals surface area (Å²) in [7, 11) is -3.87. The number of rotatable bonds is 5. The van der Waals surface area contributed by atoms with E-state index >= 15 is 0 Å². The molecule has 2 unspecified atom stereocenters. The lowest BCUT2D eigenvalue weighted by Gasteiger charge is -2.37. The zero-order valence-electron chi connectivity index (χ0n) is 11.5. The minimum atomic E-state index is -3.87. The number of nitrogens with zero attached hydrogens (tertiary/aromatic N) is 1. The molecule has 3 N–H and O–H groups in total. The Morgan fingerprint density at radius 1 is 1.47 bits per heavy atom. The largest absolute Gasteiger partial charge is 0.449 e. The van der Waals surface area contributed by atoms with E-state index in [0.29, 0.717) is 12.5 Å². The van der Waals surface area contributed by atoms with Crippen molar-refractivity contribution in [1.29, 1.82) is 0 Å². The number of carbonyl (C=O) groups excluding carboxylic acids is 1. The van der Waals surface area contributed by atoms with Gasteiger partial charge in [-0.2, -0.15) is 12.7 Å². The number of nitrogens with one attached hydrogen (secondary N) is 1. The molecular formula is C11H23N3O4S. The van der Waals surface area contributed by atoms with Crippen LogP contribution in [0.2, 0.25) is 0 Å². The average molecular weight is 293 g/mol. The lowest BCUT2D eigenvalue weighted by Crippen LogP contribution is -2.54. The van der Waals surface area contributed by atoms with Gasteiger partial charge in [0.05, 0.1) is 6.61 Å². The van der Waals surface area contributed by atoms with Crippen LogP contribution in [0.1, 0.15) is 33.1 Å². The molecule has 0 aromatic carbocycles. The predicted octanol–water partition coefficient (Wildman–Crippen LogP) is 0.427. The molecule has 0 aromatic rings. The standard InChI is InChI=1S/C11H23N3O4S/c1-3-9-5-6-14(10(7-9)8-12)19(16,17)13-11(15)18-4-2/h9-10H,3-8,12H2,1-2H3,(H,13,15). The molecule has 1 aliphatic heterocycles. The molecule has 0 aliphatic carbocycles. The molecule has 1 amide bonds. The van der Waals surface area contributed by atoms with Crippen molar-refractivity contribution in [3.63, 3.8) is 0 Å². The van der Waals surface area contributed by atoms with E-state index in [2.05, 4.69) is 11.7 Å². The predicted molar refractivity (Wildman–Crippen MR) is 71.6 cm³/mol. The van der Waals surface area contributed by atoms with Gasteiger partial charge in [0.1, 0.15) is 0 Å². The van der Waals surface area contributed by atoms with E-state index in [4.69, 9.17) is 5.73 Å². The van der Waals surface area contributed by atoms with Gasteiger partial charge in [0.25, 0.3) is 0 Å². The number of hydrogen-bond donors (Lipinski definition) is 2. The molecule has 1 heterocycles. The maximum atomic E-state index is 12.1. The van der Waals surface area contributed by atoms with Gasteiger partial charge in [-0.25, -0.2) is 9.52 Å². The number of amides is 1. The van der Waals surface area contributed by atoms with Crippen LogP contribution in [0.25, 0.3) is 0 Å². The summed E-state index contributed by atoms with van der Waals surface area (Å²) in [6.45, 7) is 4.45. The molecule has 1 saturated heterocycles. The van der Waals surface area contributed by atoms with Crippen LogP contribution in [-0.2, 0) is 14.9 Å². The van der Waals surface area contributed by atoms with Crippen molar-refractivity contribution in [3.8, 4) is 0 Å². The number of carbonyl (C=O) groups is 1. The first-order valence-electron chi connectivity index (χ1n) is 6.61. The molecule has 19 heavy (non-hydrogen) atoms. The topological polar surface area (TPSA) is 102 Å². The summed E-state index contributed by atoms with van der Waals surface area (Å²) in [5, 5.41) is 0. The zero-order valence-corrected chi connectivity index (χ0v) is 12.3. The van der Waals surface area contributed by atoms with E-state index in [9.17, 15) is 13.2 Å². The minimum Gasteiger partial charge on any atom is -0.449 e. The Morgan fingerprint density at radius 2 is 2.16 bits per heavy atom. The molecule has 7 nitrogen and oxygen atoms in total. The van der Waals surface area contributed by atoms with Gasteiger partial charge >= 0.3 is 16.3 Å². The van der Waals surface area contributed by atoms with Crippen molar-refractivity contribution < 1.29 is 17.9 Å². The summed E-state index contributed by atoms with van der Waals surface area (Å²) in [4.78, 5) is 11.2. The fourth-order valence-corrected chi connectivity index (χ4v) is 3.64. The molecule has 0 saturated carbocycles. The van der Waals surface area contributed by atoms with E-state index in [-0.39, 0.29) is 19.2 Å². The van der Waals surface area contributed by atoms with Crippen LogP contribution in [-0.4, -0.2) is 44.6 Å². The molecule has 1 rings (SSSR count). The lowest BCUT2D eigenvalue weighted by molar-refractivity contribution is 0.155. The van der Waals surface area contributed by atoms with Crippen LogP contribution < -0.4 is 10.5 Å². The first-order chi connectivity index (χ1) is 8.94. The van der Waals surface area contributed by atoms with Crippen LogP contribution in [0.15, 0.2) is 0 Å². The lowest BCUT2D eigenvalue weighted by atomic mass is 9.90. The highest BCUT2D eigenvalue weighted by Crippen LogP contribution is 2.26. The number of piperidine rings is 1. The third-order valence-electron chi connectivity index (χ3n) is 3.42. The quantitative estimate of drug-likeness (QED) is 0.765. The monoisotopic (exact) mass is 293 g/mol. The third kappa shape index (κ3) is 4.32. The normalized spacial score (nSPS) is 25.0. The van der Waals surface area contributed by atoms with Crippen molar-refractivity contribution >= 4 is 16.3 Å². The second-order valence-corrected chi connectivity index (χ2v) is 6.25. The van der Waals surface area contributed by atoms with Crippen LogP contribution in [0.5, 0.6) is 0 Å². The Kier molecular flexibility index (Phi) is 6.02. The van der Waals surface area contributed by atoms with Gasteiger partial charge in [-0.1, -0.05) is 13.3 Å². The van der Waals surface area contributed by atoms with Gasteiger partial charge in [0.15, 0.2) is 0 Å². The molecule has 1 fully saturated rings. The van der Waals surface area contributed by atoms with Gasteiger partial charge in [0, 0.05) is 19.1 Å². The molecule has 2 atom stereocenters. The SMILES string of the molecule is CCOC(=O)NS(=O)(=O)N1CCC(CC)CC1CN. The smallest absolute Gasteiger partial charge is 0.421 e. The van der Waals surface area contributed by atoms with Gasteiger partial charge in [-0.3, -0.25) is 0 Å². The maximum Gasteiger partial charge on any atom is 0.421 e. The zero-order chi connectivity index (χ0) is 14.5. The molecule has 1 aliphatic rings. The van der Waals surface area contributed by atoms with Crippen molar-refractivity contribution in [1.82, 2.24) is 9.03 Å². The first kappa shape index (κ1) is 16.2. The Hall–Kier alpha value is -0.860. The molecule has 0 spiro atoms. The molecule has 8 heteroatoms. The minimum absolute atomic E-state index is 0.125. The second-order valence-electron chi connectivity index (χ2n) is 4.63. The van der Waals surface area contributed by atoms with Gasteiger partial charge in [0.2, 0.25) is 0 Å². The van der Waals surface area contributed by atoms with E-state index in [1.54, 1.807) is 6.92 Å². The first-order valence-corrected chi connectivity index (χ1v) is 8.05. The molecule has 0 radical (unpaired) electrons. The van der Waals surface area contributed by atoms with Crippen molar-refractivity contribution in [2.75, 3.05) is 19.7 Å². The van der Waals surface area contributed by atoms with Gasteiger partial charge < -0.3 is 10.5 Å². The summed E-state index contributed by atoms with van der Waals surface area (Å²) in [5.74, 6) is 0.489. The van der Waals surface area contributed by atoms with Crippen LogP contribution >= 0.6 is 0 Å². The fraction of sp³-hybridized carbons (Fsp3) is 0.909. The Bertz CT molecular complexity index is 399. The van der Waals surface area contributed by atoms with E-state index < -0.39 is 16.3 Å². The van der Waals surface area contributed by atoms with Gasteiger partial charge in [-0.05, 0) is 25.7 Å². The van der Waals surface area contributed by atoms with Crippen LogP contribution in [0.4, 0.5) is 4.79 Å². The summed E-state index contributed by atoms with van der Waals surface area (Å²) >= 11 is 0. The number of hydrogen-bond acceptors (Lipinski definition) is 5. The van der Waals surface area contributed by atoms with E-state index in [1.807, 2.05) is 4.72 Å². The summed E-state index contributed by atoms with van der Waals surface area (Å²) in [6, 6.07) is -0.259. The van der Waals surface area contributed by atoms with Crippen molar-refractivity contribution in [2.24, 2.45) is 11.7 Å². The summed E-state index contributed by atoms with van der Waals surface area (Å²) in [5.41, 5.74) is 5.65. The highest BCUT2D eigenvalue weighted by Gasteiger charge is 2.35. The highest BCUT2D eigenvalue weighted by atomic mass is 32.2. The molecular weight excluding hydrogens is 270 g/mol. The Morgan fingerprint density at radius 3 is 2.68 bits per heavy atom. The number of nitrogens with two attached hydrogens (primary N) is 1. The third-order valence-corrected chi connectivity index (χ3v) is 4.94. The molecule has 112 valence electrons. The molecule has 0 aromatic heterocycles. The average Bonchev–Trinajstić information content (AvgIpc) is 2.37. The fourth-order valence-electron chi connectivity index (χ4n) is 2.34. The number of ether oxygens (including phenoxy) is 1. The highest BCUT2D eigenvalue weighted by molar-refractivity contribution is 7.87. The van der Waals surface area contributed by atoms with E-state index in [0.717, 1.165) is 19.3 Å². The van der Waals surface area contributed by atoms with Gasteiger partial charge in [-0.15, -0.1) is 0 Å². The molecule has 0 bridgehead atoms. The van der Waals surface area contributed by atoms with Crippen molar-refractivity contribution in [2.45, 2.75) is 39.2 Å². The second kappa shape index (κ2) is 7.06. The van der Waals surface area contributed by atoms with Crippen LogP contribution in [0.3, 0.4) is 0 Å². The maximum absolute atomic E-state index is 12.1. The Labute approximate surface area is 114 Å². The van der Waals surface area contributed by atoms with Crippen LogP contribution in [0, 0.1) is 5.92 Å². The summed E-state index contributed by atoms with van der Waals surface area (Å²) in [6.07, 6.45) is 1.58. The Balaban J connectivity index is 2.73. The van der Waals surface area contributed by atoms with E-state index in [1.165, 1.54) is 4.31 Å². The summed E-state index contributed by atoms with van der Waals surface area (Å²) < 4.78 is 32.0. The van der Waals surface area contributed by atoms with Crippen molar-refractivity contribution in [3.05, 3.63) is 0 Å².